The predicted molar refractivity (Wildman–Crippen MR) is 111 cm³/mol. The van der Waals surface area contributed by atoms with Crippen LogP contribution >= 0.6 is 12.2 Å². The summed E-state index contributed by atoms with van der Waals surface area (Å²) < 4.78 is 5.50. The fourth-order valence-electron chi connectivity index (χ4n) is 3.55. The molecular formula is C21H19N3O2S. The molecule has 1 aliphatic rings. The van der Waals surface area contributed by atoms with Crippen molar-refractivity contribution in [1.29, 1.82) is 0 Å². The van der Waals surface area contributed by atoms with Crippen molar-refractivity contribution < 1.29 is 9.84 Å². The van der Waals surface area contributed by atoms with Crippen LogP contribution in [0, 0.1) is 0 Å². The number of hydrogen-bond donors (Lipinski definition) is 2. The van der Waals surface area contributed by atoms with Crippen LogP contribution in [0.3, 0.4) is 0 Å². The number of benzene rings is 3. The zero-order chi connectivity index (χ0) is 19.0. The quantitative estimate of drug-likeness (QED) is 0.677. The maximum Gasteiger partial charge on any atom is 0.187 e. The number of thiocarbonyl (C=S) groups is 1. The second-order valence-electron chi connectivity index (χ2n) is 6.37. The number of phenols is 1. The van der Waals surface area contributed by atoms with Gasteiger partial charge in [0.2, 0.25) is 0 Å². The third-order valence-electron chi connectivity index (χ3n) is 4.85. The van der Waals surface area contributed by atoms with Crippen molar-refractivity contribution in [3.05, 3.63) is 71.8 Å². The van der Waals surface area contributed by atoms with Crippen molar-refractivity contribution in [1.82, 2.24) is 5.01 Å². The van der Waals surface area contributed by atoms with Crippen molar-refractivity contribution >= 4 is 33.8 Å². The first kappa shape index (κ1) is 17.3. The monoisotopic (exact) mass is 377 g/mol. The van der Waals surface area contributed by atoms with Crippen molar-refractivity contribution in [2.24, 2.45) is 10.8 Å². The van der Waals surface area contributed by atoms with Crippen LogP contribution in [0.1, 0.15) is 23.6 Å². The number of rotatable bonds is 3. The van der Waals surface area contributed by atoms with Gasteiger partial charge in [0.05, 0.1) is 18.9 Å². The van der Waals surface area contributed by atoms with E-state index in [9.17, 15) is 5.11 Å². The summed E-state index contributed by atoms with van der Waals surface area (Å²) in [6.45, 7) is 0. The van der Waals surface area contributed by atoms with Crippen molar-refractivity contribution in [3.63, 3.8) is 0 Å². The van der Waals surface area contributed by atoms with Gasteiger partial charge in [-0.2, -0.15) is 5.10 Å². The van der Waals surface area contributed by atoms with E-state index in [2.05, 4.69) is 5.10 Å². The molecule has 0 aromatic heterocycles. The van der Waals surface area contributed by atoms with Crippen LogP contribution in [0.4, 0.5) is 0 Å². The third-order valence-corrected chi connectivity index (χ3v) is 5.03. The molecule has 3 N–H and O–H groups in total. The summed E-state index contributed by atoms with van der Waals surface area (Å²) in [6, 6.07) is 19.1. The Kier molecular flexibility index (Phi) is 4.41. The molecule has 0 saturated carbocycles. The molecule has 4 rings (SSSR count). The Balaban J connectivity index is 1.78. The number of para-hydroxylation sites is 1. The van der Waals surface area contributed by atoms with Crippen LogP contribution in [0.15, 0.2) is 65.8 Å². The second-order valence-corrected chi connectivity index (χ2v) is 6.79. The van der Waals surface area contributed by atoms with Gasteiger partial charge in [0.1, 0.15) is 11.5 Å². The molecule has 0 amide bonds. The standard InChI is InChI=1S/C21H19N3O2S/c1-26-19-9-5-4-8-16(19)18-12-17(23-24(18)21(22)27)15-11-10-13-6-2-3-7-14(13)20(15)25/h2-11,18,25H,12H2,1H3,(H2,22,27). The van der Waals surface area contributed by atoms with Crippen molar-refractivity contribution in [2.75, 3.05) is 7.11 Å². The summed E-state index contributed by atoms with van der Waals surface area (Å²) in [5.74, 6) is 0.971. The Morgan fingerprint density at radius 1 is 1.15 bits per heavy atom. The maximum atomic E-state index is 10.8. The first-order chi connectivity index (χ1) is 13.1. The van der Waals surface area contributed by atoms with Gasteiger partial charge in [0.15, 0.2) is 5.11 Å². The average Bonchev–Trinajstić information content (AvgIpc) is 3.13. The normalized spacial score (nSPS) is 16.4. The smallest absolute Gasteiger partial charge is 0.187 e. The van der Waals surface area contributed by atoms with Crippen LogP contribution in [-0.4, -0.2) is 28.0 Å². The molecule has 1 aliphatic heterocycles. The molecule has 27 heavy (non-hydrogen) atoms. The van der Waals surface area contributed by atoms with Crippen LogP contribution in [0.25, 0.3) is 10.8 Å². The molecule has 3 aromatic rings. The minimum Gasteiger partial charge on any atom is -0.507 e. The average molecular weight is 377 g/mol. The molecule has 1 atom stereocenters. The first-order valence-corrected chi connectivity index (χ1v) is 9.01. The minimum absolute atomic E-state index is 0.181. The first-order valence-electron chi connectivity index (χ1n) is 8.60. The molecule has 1 heterocycles. The summed E-state index contributed by atoms with van der Waals surface area (Å²) in [4.78, 5) is 0. The Hall–Kier alpha value is -3.12. The van der Waals surface area contributed by atoms with E-state index in [1.165, 1.54) is 0 Å². The van der Waals surface area contributed by atoms with E-state index in [0.717, 1.165) is 27.8 Å². The van der Waals surface area contributed by atoms with Gasteiger partial charge in [-0.1, -0.05) is 48.5 Å². The van der Waals surface area contributed by atoms with Crippen molar-refractivity contribution in [3.8, 4) is 11.5 Å². The van der Waals surface area contributed by atoms with E-state index in [0.29, 0.717) is 12.0 Å². The minimum atomic E-state index is -0.181. The molecule has 1 unspecified atom stereocenters. The number of methoxy groups -OCH3 is 1. The number of phenolic OH excluding ortho intramolecular Hbond substituents is 1. The van der Waals surface area contributed by atoms with Gasteiger partial charge in [0.25, 0.3) is 0 Å². The molecule has 0 saturated heterocycles. The molecular weight excluding hydrogens is 358 g/mol. The van der Waals surface area contributed by atoms with Crippen molar-refractivity contribution in [2.45, 2.75) is 12.5 Å². The van der Waals surface area contributed by atoms with Gasteiger partial charge < -0.3 is 15.6 Å². The molecule has 5 nitrogen and oxygen atoms in total. The number of aromatic hydroxyl groups is 1. The van der Waals surface area contributed by atoms with E-state index in [1.807, 2.05) is 60.7 Å². The highest BCUT2D eigenvalue weighted by Gasteiger charge is 2.33. The number of fused-ring (bicyclic) bond motifs is 1. The Labute approximate surface area is 162 Å². The lowest BCUT2D eigenvalue weighted by molar-refractivity contribution is 0.348. The number of hydrogen-bond acceptors (Lipinski definition) is 4. The third kappa shape index (κ3) is 2.98. The highest BCUT2D eigenvalue weighted by molar-refractivity contribution is 7.80. The molecule has 0 spiro atoms. The predicted octanol–water partition coefficient (Wildman–Crippen LogP) is 3.95. The van der Waals surface area contributed by atoms with Gasteiger partial charge >= 0.3 is 0 Å². The van der Waals surface area contributed by atoms with Crippen LogP contribution in [-0.2, 0) is 0 Å². The SMILES string of the molecule is COc1ccccc1C1CC(c2ccc3ccccc3c2O)=NN1C(N)=S. The number of nitrogens with two attached hydrogens (primary N) is 1. The zero-order valence-corrected chi connectivity index (χ0v) is 15.6. The molecule has 3 aromatic carbocycles. The molecule has 6 heteroatoms. The summed E-state index contributed by atoms with van der Waals surface area (Å²) >= 11 is 5.22. The summed E-state index contributed by atoms with van der Waals surface area (Å²) in [5.41, 5.74) is 8.31. The lowest BCUT2D eigenvalue weighted by Crippen LogP contribution is -2.31. The molecule has 0 radical (unpaired) electrons. The number of hydrazone groups is 1. The Bertz CT molecular complexity index is 1060. The van der Waals surface area contributed by atoms with E-state index < -0.39 is 0 Å². The van der Waals surface area contributed by atoms with Crippen LogP contribution < -0.4 is 10.5 Å². The van der Waals surface area contributed by atoms with E-state index >= 15 is 0 Å². The molecule has 136 valence electrons. The molecule has 0 fully saturated rings. The van der Waals surface area contributed by atoms with Crippen LogP contribution in [0.2, 0.25) is 0 Å². The fourth-order valence-corrected chi connectivity index (χ4v) is 3.72. The van der Waals surface area contributed by atoms with Gasteiger partial charge in [-0.25, -0.2) is 5.01 Å². The molecule has 0 aliphatic carbocycles. The van der Waals surface area contributed by atoms with Gasteiger partial charge in [0, 0.05) is 22.9 Å². The highest BCUT2D eigenvalue weighted by Crippen LogP contribution is 2.39. The lowest BCUT2D eigenvalue weighted by atomic mass is 9.95. The summed E-state index contributed by atoms with van der Waals surface area (Å²) in [7, 11) is 1.63. The lowest BCUT2D eigenvalue weighted by Gasteiger charge is -2.23. The van der Waals surface area contributed by atoms with Gasteiger partial charge in [-0.3, -0.25) is 0 Å². The fraction of sp³-hybridized carbons (Fsp3) is 0.143. The Morgan fingerprint density at radius 2 is 1.89 bits per heavy atom. The second kappa shape index (κ2) is 6.89. The number of ether oxygens (including phenoxy) is 1. The van der Waals surface area contributed by atoms with E-state index in [-0.39, 0.29) is 16.9 Å². The summed E-state index contributed by atoms with van der Waals surface area (Å²) in [6.07, 6.45) is 0.559. The Morgan fingerprint density at radius 3 is 2.67 bits per heavy atom. The van der Waals surface area contributed by atoms with Crippen LogP contribution in [0.5, 0.6) is 11.5 Å². The van der Waals surface area contributed by atoms with E-state index in [4.69, 9.17) is 22.7 Å². The van der Waals surface area contributed by atoms with Gasteiger partial charge in [-0.05, 0) is 29.7 Å². The summed E-state index contributed by atoms with van der Waals surface area (Å²) in [5, 5.41) is 19.0. The zero-order valence-electron chi connectivity index (χ0n) is 14.8. The topological polar surface area (TPSA) is 71.1 Å². The largest absolute Gasteiger partial charge is 0.507 e. The van der Waals surface area contributed by atoms with Gasteiger partial charge in [-0.15, -0.1) is 0 Å². The maximum absolute atomic E-state index is 10.8. The number of nitrogens with zero attached hydrogens (tertiary/aromatic N) is 2. The van der Waals surface area contributed by atoms with E-state index in [1.54, 1.807) is 12.1 Å². The highest BCUT2D eigenvalue weighted by atomic mass is 32.1. The molecule has 0 bridgehead atoms.